The number of hydrogen-bond acceptors (Lipinski definition) is 7. The molecule has 22 heavy (non-hydrogen) atoms. The minimum atomic E-state index is -0.0329. The Morgan fingerprint density at radius 1 is 1.41 bits per heavy atom. The predicted molar refractivity (Wildman–Crippen MR) is 92.9 cm³/mol. The number of aromatic nitrogens is 2. The van der Waals surface area contributed by atoms with E-state index in [2.05, 4.69) is 38.3 Å². The van der Waals surface area contributed by atoms with E-state index in [0.717, 1.165) is 48.2 Å². The van der Waals surface area contributed by atoms with Crippen LogP contribution in [0.15, 0.2) is 21.9 Å². The van der Waals surface area contributed by atoms with Crippen molar-refractivity contribution in [2.75, 3.05) is 18.4 Å². The van der Waals surface area contributed by atoms with Gasteiger partial charge in [-0.05, 0) is 30.7 Å². The molecule has 118 valence electrons. The minimum Gasteiger partial charge on any atom is -0.360 e. The van der Waals surface area contributed by atoms with Gasteiger partial charge in [0, 0.05) is 18.0 Å². The number of thiophene rings is 1. The van der Waals surface area contributed by atoms with E-state index in [0.29, 0.717) is 0 Å². The third kappa shape index (κ3) is 4.44. The highest BCUT2D eigenvalue weighted by atomic mass is 32.2. The molecule has 0 saturated carbocycles. The monoisotopic (exact) mass is 354 g/mol. The topological polar surface area (TPSA) is 66.9 Å². The number of carbonyl (C=O) groups is 1. The first-order valence-corrected chi connectivity index (χ1v) is 9.93. The molecule has 3 rings (SSSR count). The van der Waals surface area contributed by atoms with Crippen LogP contribution in [0.25, 0.3) is 0 Å². The van der Waals surface area contributed by atoms with Crippen molar-refractivity contribution in [2.24, 2.45) is 0 Å². The highest BCUT2D eigenvalue weighted by Gasteiger charge is 2.23. The van der Waals surface area contributed by atoms with Gasteiger partial charge in [-0.15, -0.1) is 21.5 Å². The molecule has 1 saturated heterocycles. The van der Waals surface area contributed by atoms with Crippen molar-refractivity contribution in [3.63, 3.8) is 0 Å². The number of nitrogens with one attached hydrogen (secondary N) is 2. The summed E-state index contributed by atoms with van der Waals surface area (Å²) in [6.07, 6.45) is 4.05. The quantitative estimate of drug-likeness (QED) is 0.835. The second-order valence-electron chi connectivity index (χ2n) is 5.02. The lowest BCUT2D eigenvalue weighted by atomic mass is 10.2. The second-order valence-corrected chi connectivity index (χ2v) is 8.48. The minimum absolute atomic E-state index is 0.0329. The molecule has 1 fully saturated rings. The Balaban J connectivity index is 1.49. The molecular weight excluding hydrogens is 336 g/mol. The fourth-order valence-corrected chi connectivity index (χ4v) is 5.02. The fourth-order valence-electron chi connectivity index (χ4n) is 2.22. The van der Waals surface area contributed by atoms with Crippen LogP contribution in [-0.2, 0) is 11.2 Å². The van der Waals surface area contributed by atoms with Crippen LogP contribution in [0, 0.1) is 0 Å². The maximum atomic E-state index is 11.9. The average molecular weight is 355 g/mol. The summed E-state index contributed by atoms with van der Waals surface area (Å²) in [5.41, 5.74) is 0. The van der Waals surface area contributed by atoms with Crippen molar-refractivity contribution >= 4 is 45.5 Å². The summed E-state index contributed by atoms with van der Waals surface area (Å²) in [7, 11) is 0. The zero-order chi connectivity index (χ0) is 15.2. The third-order valence-electron chi connectivity index (χ3n) is 3.36. The Morgan fingerprint density at radius 2 is 2.36 bits per heavy atom. The first-order valence-electron chi connectivity index (χ1n) is 7.35. The highest BCUT2D eigenvalue weighted by molar-refractivity contribution is 8.02. The molecule has 0 spiro atoms. The summed E-state index contributed by atoms with van der Waals surface area (Å²) in [6, 6.07) is 4.20. The van der Waals surface area contributed by atoms with Crippen molar-refractivity contribution in [3.8, 4) is 0 Å². The summed E-state index contributed by atoms with van der Waals surface area (Å²) in [6.45, 7) is 1.64. The second kappa shape index (κ2) is 7.94. The molecule has 1 amide bonds. The summed E-state index contributed by atoms with van der Waals surface area (Å²) >= 11 is 4.83. The Kier molecular flexibility index (Phi) is 5.69. The molecule has 3 heterocycles. The Labute approximate surface area is 141 Å². The van der Waals surface area contributed by atoms with Gasteiger partial charge in [-0.3, -0.25) is 4.79 Å². The van der Waals surface area contributed by atoms with Crippen LogP contribution in [0.2, 0.25) is 0 Å². The molecular formula is C14H18N4OS3. The smallest absolute Gasteiger partial charge is 0.233 e. The van der Waals surface area contributed by atoms with Crippen molar-refractivity contribution in [3.05, 3.63) is 22.4 Å². The van der Waals surface area contributed by atoms with Crippen LogP contribution in [0.4, 0.5) is 5.13 Å². The van der Waals surface area contributed by atoms with Crippen molar-refractivity contribution in [2.45, 2.75) is 35.3 Å². The molecule has 1 aliphatic rings. The first kappa shape index (κ1) is 15.8. The Bertz CT molecular complexity index is 599. The summed E-state index contributed by atoms with van der Waals surface area (Å²) in [5, 5.41) is 17.5. The van der Waals surface area contributed by atoms with Gasteiger partial charge in [0.05, 0.1) is 5.25 Å². The third-order valence-corrected chi connectivity index (χ3v) is 6.53. The number of carbonyl (C=O) groups excluding carboxylic acids is 1. The number of amides is 1. The molecule has 2 aromatic heterocycles. The molecule has 8 heteroatoms. The molecule has 0 radical (unpaired) electrons. The van der Waals surface area contributed by atoms with Crippen LogP contribution in [-0.4, -0.2) is 34.4 Å². The van der Waals surface area contributed by atoms with Gasteiger partial charge in [-0.2, -0.15) is 0 Å². The predicted octanol–water partition coefficient (Wildman–Crippen LogP) is 3.02. The van der Waals surface area contributed by atoms with E-state index in [-0.39, 0.29) is 11.2 Å². The van der Waals surface area contributed by atoms with Crippen molar-refractivity contribution in [1.29, 1.82) is 0 Å². The lowest BCUT2D eigenvalue weighted by Gasteiger charge is -2.09. The Morgan fingerprint density at radius 3 is 3.23 bits per heavy atom. The van der Waals surface area contributed by atoms with Crippen LogP contribution in [0.5, 0.6) is 0 Å². The molecule has 0 aliphatic carbocycles. The summed E-state index contributed by atoms with van der Waals surface area (Å²) in [4.78, 5) is 13.3. The molecule has 1 aliphatic heterocycles. The molecule has 2 aromatic rings. The maximum absolute atomic E-state index is 11.9. The number of hydrogen-bond donors (Lipinski definition) is 2. The van der Waals surface area contributed by atoms with Crippen LogP contribution < -0.4 is 10.6 Å². The van der Waals surface area contributed by atoms with E-state index in [9.17, 15) is 4.79 Å². The largest absolute Gasteiger partial charge is 0.360 e. The lowest BCUT2D eigenvalue weighted by molar-refractivity contribution is -0.120. The van der Waals surface area contributed by atoms with Gasteiger partial charge in [0.2, 0.25) is 11.0 Å². The standard InChI is InChI=1S/C14H18N4OS3/c19-12-11(5-1-2-7-15-12)21-14-18-17-13(22-14)16-8-6-10-4-3-9-20-10/h3-4,9,11H,1-2,5-8H2,(H,15,19)(H,16,17)/t11-/m0/s1. The van der Waals surface area contributed by atoms with E-state index in [4.69, 9.17) is 0 Å². The van der Waals surface area contributed by atoms with E-state index in [1.54, 1.807) is 11.3 Å². The molecule has 2 N–H and O–H groups in total. The number of nitrogens with zero attached hydrogens (tertiary/aromatic N) is 2. The maximum Gasteiger partial charge on any atom is 0.233 e. The molecule has 0 bridgehead atoms. The number of thioether (sulfide) groups is 1. The number of rotatable bonds is 6. The summed E-state index contributed by atoms with van der Waals surface area (Å²) in [5.74, 6) is 0.130. The van der Waals surface area contributed by atoms with Gasteiger partial charge in [-0.25, -0.2) is 0 Å². The fraction of sp³-hybridized carbons (Fsp3) is 0.500. The van der Waals surface area contributed by atoms with Crippen molar-refractivity contribution < 1.29 is 4.79 Å². The highest BCUT2D eigenvalue weighted by Crippen LogP contribution is 2.32. The normalized spacial score (nSPS) is 18.7. The van der Waals surface area contributed by atoms with Crippen molar-refractivity contribution in [1.82, 2.24) is 15.5 Å². The van der Waals surface area contributed by atoms with Gasteiger partial charge < -0.3 is 10.6 Å². The van der Waals surface area contributed by atoms with Crippen LogP contribution in [0.1, 0.15) is 24.1 Å². The van der Waals surface area contributed by atoms with E-state index in [1.807, 2.05) is 0 Å². The zero-order valence-corrected chi connectivity index (χ0v) is 14.5. The molecule has 5 nitrogen and oxygen atoms in total. The van der Waals surface area contributed by atoms with Gasteiger partial charge >= 0.3 is 0 Å². The van der Waals surface area contributed by atoms with Crippen LogP contribution >= 0.6 is 34.4 Å². The van der Waals surface area contributed by atoms with Gasteiger partial charge in [0.25, 0.3) is 0 Å². The Hall–Kier alpha value is -1.12. The van der Waals surface area contributed by atoms with Crippen LogP contribution in [0.3, 0.4) is 0 Å². The van der Waals surface area contributed by atoms with Gasteiger partial charge in [0.1, 0.15) is 0 Å². The first-order chi connectivity index (χ1) is 10.8. The van der Waals surface area contributed by atoms with E-state index < -0.39 is 0 Å². The van der Waals surface area contributed by atoms with E-state index in [1.165, 1.54) is 28.0 Å². The molecule has 1 atom stereocenters. The summed E-state index contributed by atoms with van der Waals surface area (Å²) < 4.78 is 0.862. The molecule has 0 aromatic carbocycles. The SMILES string of the molecule is O=C1NCCCC[C@@H]1Sc1nnc(NCCc2cccs2)s1. The van der Waals surface area contributed by atoms with Gasteiger partial charge in [0.15, 0.2) is 4.34 Å². The van der Waals surface area contributed by atoms with Gasteiger partial charge in [-0.1, -0.05) is 35.6 Å². The zero-order valence-electron chi connectivity index (χ0n) is 12.1. The van der Waals surface area contributed by atoms with E-state index >= 15 is 0 Å². The lowest BCUT2D eigenvalue weighted by Crippen LogP contribution is -2.30. The number of anilines is 1. The average Bonchev–Trinajstić information content (AvgIpc) is 3.13. The molecule has 0 unspecified atom stereocenters.